The maximum atomic E-state index is 11.9. The number of carbonyl (C=O) groups is 1. The van der Waals surface area contributed by atoms with E-state index in [4.69, 9.17) is 0 Å². The van der Waals surface area contributed by atoms with Gasteiger partial charge in [-0.05, 0) is 29.5 Å². The number of nitrogens with one attached hydrogen (secondary N) is 2. The average molecular weight is 245 g/mol. The zero-order chi connectivity index (χ0) is 12.4. The fourth-order valence-corrected chi connectivity index (χ4v) is 2.67. The van der Waals surface area contributed by atoms with Crippen molar-refractivity contribution < 1.29 is 4.79 Å². The largest absolute Gasteiger partial charge is 0.334 e. The zero-order valence-electron chi connectivity index (χ0n) is 10.5. The molecular formula is C14H19N3O. The summed E-state index contributed by atoms with van der Waals surface area (Å²) < 4.78 is 0. The van der Waals surface area contributed by atoms with Crippen LogP contribution in [0.4, 0.5) is 4.79 Å². The minimum absolute atomic E-state index is 0.0751. The van der Waals surface area contributed by atoms with Gasteiger partial charge in [0.2, 0.25) is 0 Å². The van der Waals surface area contributed by atoms with Gasteiger partial charge in [0.05, 0.1) is 0 Å². The van der Waals surface area contributed by atoms with Gasteiger partial charge in [0.15, 0.2) is 0 Å². The molecule has 0 unspecified atom stereocenters. The summed E-state index contributed by atoms with van der Waals surface area (Å²) >= 11 is 0. The molecule has 0 bridgehead atoms. The molecule has 1 aromatic carbocycles. The van der Waals surface area contributed by atoms with Gasteiger partial charge in [0.1, 0.15) is 0 Å². The molecule has 2 heterocycles. The van der Waals surface area contributed by atoms with Crippen LogP contribution in [0.25, 0.3) is 0 Å². The first-order valence-corrected chi connectivity index (χ1v) is 6.67. The molecule has 0 atom stereocenters. The first-order chi connectivity index (χ1) is 8.83. The molecule has 18 heavy (non-hydrogen) atoms. The van der Waals surface area contributed by atoms with Crippen molar-refractivity contribution in [3.63, 3.8) is 0 Å². The second-order valence-electron chi connectivity index (χ2n) is 5.06. The van der Waals surface area contributed by atoms with Gasteiger partial charge < -0.3 is 15.5 Å². The number of nitrogens with zero attached hydrogens (tertiary/aromatic N) is 1. The third-order valence-electron chi connectivity index (χ3n) is 3.74. The molecule has 0 radical (unpaired) electrons. The van der Waals surface area contributed by atoms with E-state index < -0.39 is 0 Å². The standard InChI is InChI=1S/C14H19N3O/c18-14(17-5-1-2-6-17)16-8-11-3-4-12-9-15-10-13(12)7-11/h3-4,7,15H,1-2,5-6,8-10H2,(H,16,18). The van der Waals surface area contributed by atoms with E-state index in [9.17, 15) is 4.79 Å². The molecule has 1 saturated heterocycles. The number of fused-ring (bicyclic) bond motifs is 1. The van der Waals surface area contributed by atoms with Crippen LogP contribution < -0.4 is 10.6 Å². The van der Waals surface area contributed by atoms with Crippen molar-refractivity contribution in [3.8, 4) is 0 Å². The van der Waals surface area contributed by atoms with Crippen molar-refractivity contribution in [2.24, 2.45) is 0 Å². The van der Waals surface area contributed by atoms with Crippen LogP contribution in [0.5, 0.6) is 0 Å². The van der Waals surface area contributed by atoms with Gasteiger partial charge in [-0.3, -0.25) is 0 Å². The van der Waals surface area contributed by atoms with E-state index in [1.54, 1.807) is 0 Å². The van der Waals surface area contributed by atoms with Crippen LogP contribution in [-0.4, -0.2) is 24.0 Å². The summed E-state index contributed by atoms with van der Waals surface area (Å²) in [5.41, 5.74) is 3.93. The van der Waals surface area contributed by atoms with Gasteiger partial charge in [0, 0.05) is 32.7 Å². The molecule has 3 rings (SSSR count). The maximum Gasteiger partial charge on any atom is 0.317 e. The average Bonchev–Trinajstić information content (AvgIpc) is 3.05. The van der Waals surface area contributed by atoms with Crippen LogP contribution in [0.3, 0.4) is 0 Å². The lowest BCUT2D eigenvalue weighted by molar-refractivity contribution is 0.208. The van der Waals surface area contributed by atoms with E-state index in [1.807, 2.05) is 4.90 Å². The Morgan fingerprint density at radius 1 is 1.22 bits per heavy atom. The Morgan fingerprint density at radius 3 is 2.83 bits per heavy atom. The monoisotopic (exact) mass is 245 g/mol. The highest BCUT2D eigenvalue weighted by Gasteiger charge is 2.17. The number of hydrogen-bond donors (Lipinski definition) is 2. The fraction of sp³-hybridized carbons (Fsp3) is 0.500. The molecule has 4 nitrogen and oxygen atoms in total. The highest BCUT2D eigenvalue weighted by molar-refractivity contribution is 5.74. The van der Waals surface area contributed by atoms with Crippen LogP contribution in [0, 0.1) is 0 Å². The van der Waals surface area contributed by atoms with Gasteiger partial charge in [-0.2, -0.15) is 0 Å². The number of urea groups is 1. The number of amides is 2. The molecule has 96 valence electrons. The molecule has 1 fully saturated rings. The Labute approximate surface area is 107 Å². The molecule has 2 amide bonds. The molecule has 0 aliphatic carbocycles. The van der Waals surface area contributed by atoms with Crippen LogP contribution in [0.1, 0.15) is 29.5 Å². The molecule has 0 spiro atoms. The van der Waals surface area contributed by atoms with Crippen LogP contribution >= 0.6 is 0 Å². The second-order valence-corrected chi connectivity index (χ2v) is 5.06. The summed E-state index contributed by atoms with van der Waals surface area (Å²) in [6, 6.07) is 6.54. The molecule has 0 saturated carbocycles. The second kappa shape index (κ2) is 4.98. The third-order valence-corrected chi connectivity index (χ3v) is 3.74. The van der Waals surface area contributed by atoms with E-state index in [0.717, 1.165) is 39.0 Å². The molecule has 2 N–H and O–H groups in total. The quantitative estimate of drug-likeness (QED) is 0.831. The van der Waals surface area contributed by atoms with Gasteiger partial charge in [-0.25, -0.2) is 4.79 Å². The molecule has 0 aromatic heterocycles. The Kier molecular flexibility index (Phi) is 3.19. The van der Waals surface area contributed by atoms with Gasteiger partial charge in [0.25, 0.3) is 0 Å². The maximum absolute atomic E-state index is 11.9. The SMILES string of the molecule is O=C(NCc1ccc2c(c1)CNC2)N1CCCC1. The zero-order valence-corrected chi connectivity index (χ0v) is 10.5. The lowest BCUT2D eigenvalue weighted by Gasteiger charge is -2.16. The smallest absolute Gasteiger partial charge is 0.317 e. The lowest BCUT2D eigenvalue weighted by atomic mass is 10.1. The summed E-state index contributed by atoms with van der Waals surface area (Å²) in [6.45, 7) is 4.35. The highest BCUT2D eigenvalue weighted by Crippen LogP contribution is 2.17. The van der Waals surface area contributed by atoms with E-state index in [0.29, 0.717) is 6.54 Å². The van der Waals surface area contributed by atoms with Gasteiger partial charge >= 0.3 is 6.03 Å². The fourth-order valence-electron chi connectivity index (χ4n) is 2.67. The molecular weight excluding hydrogens is 226 g/mol. The number of carbonyl (C=O) groups excluding carboxylic acids is 1. The Bertz CT molecular complexity index is 452. The van der Waals surface area contributed by atoms with Crippen molar-refractivity contribution in [2.45, 2.75) is 32.5 Å². The topological polar surface area (TPSA) is 44.4 Å². The van der Waals surface area contributed by atoms with Crippen molar-refractivity contribution in [1.29, 1.82) is 0 Å². The van der Waals surface area contributed by atoms with Crippen LogP contribution in [0.15, 0.2) is 18.2 Å². The van der Waals surface area contributed by atoms with Crippen LogP contribution in [0.2, 0.25) is 0 Å². The minimum atomic E-state index is 0.0751. The van der Waals surface area contributed by atoms with Crippen molar-refractivity contribution >= 4 is 6.03 Å². The van der Waals surface area contributed by atoms with E-state index in [-0.39, 0.29) is 6.03 Å². The van der Waals surface area contributed by atoms with Crippen LogP contribution in [-0.2, 0) is 19.6 Å². The Morgan fingerprint density at radius 2 is 2.00 bits per heavy atom. The summed E-state index contributed by atoms with van der Waals surface area (Å²) in [6.07, 6.45) is 2.27. The first kappa shape index (κ1) is 11.5. The normalized spacial score (nSPS) is 17.9. The Balaban J connectivity index is 1.58. The summed E-state index contributed by atoms with van der Waals surface area (Å²) in [4.78, 5) is 13.8. The number of benzene rings is 1. The van der Waals surface area contributed by atoms with Crippen molar-refractivity contribution in [1.82, 2.24) is 15.5 Å². The van der Waals surface area contributed by atoms with Gasteiger partial charge in [-0.1, -0.05) is 18.2 Å². The molecule has 4 heteroatoms. The number of likely N-dealkylation sites (tertiary alicyclic amines) is 1. The van der Waals surface area contributed by atoms with Gasteiger partial charge in [-0.15, -0.1) is 0 Å². The molecule has 2 aliphatic heterocycles. The summed E-state index contributed by atoms with van der Waals surface area (Å²) in [5.74, 6) is 0. The molecule has 1 aromatic rings. The predicted molar refractivity (Wildman–Crippen MR) is 70.0 cm³/mol. The predicted octanol–water partition coefficient (Wildman–Crippen LogP) is 1.60. The third kappa shape index (κ3) is 2.34. The Hall–Kier alpha value is -1.55. The first-order valence-electron chi connectivity index (χ1n) is 6.67. The number of rotatable bonds is 2. The number of hydrogen-bond acceptors (Lipinski definition) is 2. The van der Waals surface area contributed by atoms with E-state index in [1.165, 1.54) is 16.7 Å². The summed E-state index contributed by atoms with van der Waals surface area (Å²) in [5, 5.41) is 6.33. The van der Waals surface area contributed by atoms with E-state index >= 15 is 0 Å². The highest BCUT2D eigenvalue weighted by atomic mass is 16.2. The van der Waals surface area contributed by atoms with Crippen molar-refractivity contribution in [2.75, 3.05) is 13.1 Å². The van der Waals surface area contributed by atoms with Crippen molar-refractivity contribution in [3.05, 3.63) is 34.9 Å². The minimum Gasteiger partial charge on any atom is -0.334 e. The lowest BCUT2D eigenvalue weighted by Crippen LogP contribution is -2.37. The van der Waals surface area contributed by atoms with E-state index in [2.05, 4.69) is 28.8 Å². The molecule has 2 aliphatic rings. The summed E-state index contributed by atoms with van der Waals surface area (Å²) in [7, 11) is 0.